The Bertz CT molecular complexity index is 927. The second-order valence-corrected chi connectivity index (χ2v) is 6.69. The Morgan fingerprint density at radius 2 is 1.93 bits per heavy atom. The van der Waals surface area contributed by atoms with Crippen molar-refractivity contribution in [3.8, 4) is 11.4 Å². The van der Waals surface area contributed by atoms with Gasteiger partial charge in [-0.25, -0.2) is 4.39 Å². The highest BCUT2D eigenvalue weighted by atomic mass is 19.1. The van der Waals surface area contributed by atoms with Crippen LogP contribution in [-0.2, 0) is 0 Å². The van der Waals surface area contributed by atoms with Crippen LogP contribution in [-0.4, -0.2) is 40.6 Å². The van der Waals surface area contributed by atoms with Crippen molar-refractivity contribution in [2.45, 2.75) is 18.5 Å². The smallest absolute Gasteiger partial charge is 0.251 e. The number of likely N-dealkylation sites (tertiary alicyclic amines) is 1. The standard InChI is InChI=1S/C20H19FN4O2/c1-25-12-16(22-19(26)14-7-9-15(21)10-8-14)11-17(25)20-23-18(24-27-20)13-5-3-2-4-6-13/h2-10,16-17H,11-12H2,1H3,(H,22,26)/t16-,17-/m0/s1. The number of hydrogen-bond donors (Lipinski definition) is 1. The summed E-state index contributed by atoms with van der Waals surface area (Å²) in [4.78, 5) is 18.9. The molecule has 4 rings (SSSR count). The van der Waals surface area contributed by atoms with Gasteiger partial charge in [0, 0.05) is 23.7 Å². The lowest BCUT2D eigenvalue weighted by Gasteiger charge is -2.14. The summed E-state index contributed by atoms with van der Waals surface area (Å²) in [6, 6.07) is 15.0. The van der Waals surface area contributed by atoms with Crippen LogP contribution in [0.2, 0.25) is 0 Å². The summed E-state index contributed by atoms with van der Waals surface area (Å²) in [5, 5.41) is 7.06. The first-order chi connectivity index (χ1) is 13.1. The molecule has 0 saturated carbocycles. The van der Waals surface area contributed by atoms with E-state index in [9.17, 15) is 9.18 Å². The molecule has 27 heavy (non-hydrogen) atoms. The molecule has 1 aromatic heterocycles. The molecule has 1 aliphatic rings. The average molecular weight is 366 g/mol. The highest BCUT2D eigenvalue weighted by Gasteiger charge is 2.35. The number of nitrogens with one attached hydrogen (secondary N) is 1. The van der Waals surface area contributed by atoms with E-state index in [1.807, 2.05) is 37.4 Å². The number of carbonyl (C=O) groups is 1. The number of rotatable bonds is 4. The van der Waals surface area contributed by atoms with E-state index in [-0.39, 0.29) is 23.8 Å². The van der Waals surface area contributed by atoms with Gasteiger partial charge in [0.2, 0.25) is 11.7 Å². The van der Waals surface area contributed by atoms with Crippen molar-refractivity contribution in [1.82, 2.24) is 20.4 Å². The second kappa shape index (κ2) is 7.28. The zero-order chi connectivity index (χ0) is 18.8. The van der Waals surface area contributed by atoms with E-state index >= 15 is 0 Å². The molecule has 2 heterocycles. The summed E-state index contributed by atoms with van der Waals surface area (Å²) in [5.41, 5.74) is 1.33. The number of likely N-dealkylation sites (N-methyl/N-ethyl adjacent to an activating group) is 1. The third-order valence-electron chi connectivity index (χ3n) is 4.75. The van der Waals surface area contributed by atoms with Crippen LogP contribution in [0.25, 0.3) is 11.4 Å². The van der Waals surface area contributed by atoms with Crippen LogP contribution >= 0.6 is 0 Å². The number of carbonyl (C=O) groups excluding carboxylic acids is 1. The van der Waals surface area contributed by atoms with Crippen molar-refractivity contribution in [3.05, 3.63) is 71.9 Å². The molecular formula is C20H19FN4O2. The molecule has 2 aromatic carbocycles. The molecule has 138 valence electrons. The van der Waals surface area contributed by atoms with Crippen LogP contribution in [0.1, 0.15) is 28.7 Å². The Morgan fingerprint density at radius 1 is 1.19 bits per heavy atom. The molecule has 1 aliphatic heterocycles. The Balaban J connectivity index is 1.43. The quantitative estimate of drug-likeness (QED) is 0.768. The van der Waals surface area contributed by atoms with E-state index in [4.69, 9.17) is 4.52 Å². The molecule has 1 saturated heterocycles. The van der Waals surface area contributed by atoms with Crippen molar-refractivity contribution < 1.29 is 13.7 Å². The summed E-state index contributed by atoms with van der Waals surface area (Å²) in [7, 11) is 1.96. The van der Waals surface area contributed by atoms with Gasteiger partial charge in [-0.1, -0.05) is 35.5 Å². The van der Waals surface area contributed by atoms with Crippen molar-refractivity contribution in [2.75, 3.05) is 13.6 Å². The third kappa shape index (κ3) is 3.73. The van der Waals surface area contributed by atoms with Crippen LogP contribution in [0.4, 0.5) is 4.39 Å². The Hall–Kier alpha value is -3.06. The van der Waals surface area contributed by atoms with E-state index < -0.39 is 0 Å². The normalized spacial score (nSPS) is 19.9. The van der Waals surface area contributed by atoms with E-state index in [1.165, 1.54) is 24.3 Å². The van der Waals surface area contributed by atoms with Gasteiger partial charge in [-0.15, -0.1) is 0 Å². The van der Waals surface area contributed by atoms with Crippen LogP contribution in [0.5, 0.6) is 0 Å². The number of benzene rings is 2. The predicted octanol–water partition coefficient (Wildman–Crippen LogP) is 3.05. The Kier molecular flexibility index (Phi) is 4.68. The lowest BCUT2D eigenvalue weighted by atomic mass is 10.1. The maximum Gasteiger partial charge on any atom is 0.251 e. The van der Waals surface area contributed by atoms with Crippen molar-refractivity contribution in [1.29, 1.82) is 0 Å². The highest BCUT2D eigenvalue weighted by molar-refractivity contribution is 5.94. The third-order valence-corrected chi connectivity index (χ3v) is 4.75. The minimum absolute atomic E-state index is 0.0513. The molecule has 1 N–H and O–H groups in total. The summed E-state index contributed by atoms with van der Waals surface area (Å²) >= 11 is 0. The highest BCUT2D eigenvalue weighted by Crippen LogP contribution is 2.31. The molecule has 0 radical (unpaired) electrons. The van der Waals surface area contributed by atoms with E-state index in [0.717, 1.165) is 5.56 Å². The molecule has 0 aliphatic carbocycles. The molecule has 1 fully saturated rings. The number of nitrogens with zero attached hydrogens (tertiary/aromatic N) is 3. The molecule has 0 unspecified atom stereocenters. The first-order valence-corrected chi connectivity index (χ1v) is 8.76. The van der Waals surface area contributed by atoms with Crippen LogP contribution in [0.15, 0.2) is 59.1 Å². The minimum Gasteiger partial charge on any atom is -0.348 e. The molecule has 7 heteroatoms. The van der Waals surface area contributed by atoms with Gasteiger partial charge in [-0.05, 0) is 37.7 Å². The van der Waals surface area contributed by atoms with Crippen molar-refractivity contribution in [3.63, 3.8) is 0 Å². The fraction of sp³-hybridized carbons (Fsp3) is 0.250. The molecule has 1 amide bonds. The maximum atomic E-state index is 13.0. The first kappa shape index (κ1) is 17.4. The topological polar surface area (TPSA) is 71.3 Å². The minimum atomic E-state index is -0.363. The fourth-order valence-electron chi connectivity index (χ4n) is 3.34. The Morgan fingerprint density at radius 3 is 2.67 bits per heavy atom. The van der Waals surface area contributed by atoms with Crippen LogP contribution in [0, 0.1) is 5.82 Å². The molecule has 0 spiro atoms. The zero-order valence-corrected chi connectivity index (χ0v) is 14.8. The first-order valence-electron chi connectivity index (χ1n) is 8.76. The van der Waals surface area contributed by atoms with Gasteiger partial charge in [-0.2, -0.15) is 4.98 Å². The fourth-order valence-corrected chi connectivity index (χ4v) is 3.34. The van der Waals surface area contributed by atoms with Gasteiger partial charge < -0.3 is 9.84 Å². The predicted molar refractivity (Wildman–Crippen MR) is 97.4 cm³/mol. The summed E-state index contributed by atoms with van der Waals surface area (Å²) in [6.45, 7) is 0.667. The summed E-state index contributed by atoms with van der Waals surface area (Å²) in [6.07, 6.45) is 0.667. The average Bonchev–Trinajstić information content (AvgIpc) is 3.29. The van der Waals surface area contributed by atoms with Crippen LogP contribution in [0.3, 0.4) is 0 Å². The maximum absolute atomic E-state index is 13.0. The molecule has 3 aromatic rings. The van der Waals surface area contributed by atoms with Gasteiger partial charge in [0.1, 0.15) is 5.82 Å². The molecule has 0 bridgehead atoms. The SMILES string of the molecule is CN1C[C@@H](NC(=O)c2ccc(F)cc2)C[C@H]1c1nc(-c2ccccc2)no1. The van der Waals surface area contributed by atoms with Crippen molar-refractivity contribution in [2.24, 2.45) is 0 Å². The number of amides is 1. The Labute approximate surface area is 156 Å². The lowest BCUT2D eigenvalue weighted by molar-refractivity contribution is 0.0938. The van der Waals surface area contributed by atoms with Gasteiger partial charge in [0.15, 0.2) is 0 Å². The van der Waals surface area contributed by atoms with Gasteiger partial charge in [0.25, 0.3) is 5.91 Å². The van der Waals surface area contributed by atoms with Gasteiger partial charge in [-0.3, -0.25) is 9.69 Å². The van der Waals surface area contributed by atoms with Crippen molar-refractivity contribution >= 4 is 5.91 Å². The largest absolute Gasteiger partial charge is 0.348 e. The van der Waals surface area contributed by atoms with Gasteiger partial charge >= 0.3 is 0 Å². The van der Waals surface area contributed by atoms with Crippen LogP contribution < -0.4 is 5.32 Å². The van der Waals surface area contributed by atoms with E-state index in [1.54, 1.807) is 0 Å². The second-order valence-electron chi connectivity index (χ2n) is 6.69. The number of halogens is 1. The molecule has 2 atom stereocenters. The van der Waals surface area contributed by atoms with E-state index in [0.29, 0.717) is 30.2 Å². The zero-order valence-electron chi connectivity index (χ0n) is 14.8. The summed E-state index contributed by atoms with van der Waals surface area (Å²) in [5.74, 6) is 0.509. The number of aromatic nitrogens is 2. The summed E-state index contributed by atoms with van der Waals surface area (Å²) < 4.78 is 18.5. The lowest BCUT2D eigenvalue weighted by Crippen LogP contribution is -2.36. The number of hydrogen-bond acceptors (Lipinski definition) is 5. The monoisotopic (exact) mass is 366 g/mol. The molecule has 6 nitrogen and oxygen atoms in total. The van der Waals surface area contributed by atoms with Gasteiger partial charge in [0.05, 0.1) is 6.04 Å². The molecular weight excluding hydrogens is 347 g/mol. The van der Waals surface area contributed by atoms with E-state index in [2.05, 4.69) is 20.4 Å².